The minimum atomic E-state index is -0.294. The van der Waals surface area contributed by atoms with Crippen molar-refractivity contribution in [1.29, 1.82) is 0 Å². The van der Waals surface area contributed by atoms with Crippen molar-refractivity contribution in [3.63, 3.8) is 0 Å². The molecule has 0 aromatic carbocycles. The third-order valence-corrected chi connectivity index (χ3v) is 5.32. The van der Waals surface area contributed by atoms with Crippen molar-refractivity contribution in [3.05, 3.63) is 12.4 Å². The second-order valence-corrected chi connectivity index (χ2v) is 6.95. The summed E-state index contributed by atoms with van der Waals surface area (Å²) >= 11 is 0. The van der Waals surface area contributed by atoms with E-state index in [4.69, 9.17) is 4.74 Å². The van der Waals surface area contributed by atoms with E-state index < -0.39 is 0 Å². The van der Waals surface area contributed by atoms with Gasteiger partial charge in [0.2, 0.25) is 11.8 Å². The molecule has 138 valence electrons. The van der Waals surface area contributed by atoms with Crippen LogP contribution in [0.4, 0.5) is 5.69 Å². The maximum Gasteiger partial charge on any atom is 0.241 e. The highest BCUT2D eigenvalue weighted by molar-refractivity contribution is 5.96. The fourth-order valence-corrected chi connectivity index (χ4v) is 3.96. The van der Waals surface area contributed by atoms with Crippen molar-refractivity contribution in [2.24, 2.45) is 11.3 Å². The van der Waals surface area contributed by atoms with E-state index in [0.717, 1.165) is 32.4 Å². The number of nitrogens with one attached hydrogen (secondary N) is 3. The lowest BCUT2D eigenvalue weighted by Crippen LogP contribution is -2.44. The van der Waals surface area contributed by atoms with Crippen LogP contribution in [0.1, 0.15) is 25.7 Å². The van der Waals surface area contributed by atoms with Gasteiger partial charge in [-0.3, -0.25) is 14.3 Å². The summed E-state index contributed by atoms with van der Waals surface area (Å²) in [5.74, 6) is 0.359. The molecule has 2 aliphatic rings. The number of carbonyl (C=O) groups is 2. The first kappa shape index (κ1) is 17.9. The summed E-state index contributed by atoms with van der Waals surface area (Å²) in [5, 5.41) is 13.3. The zero-order valence-electron chi connectivity index (χ0n) is 14.7. The second kappa shape index (κ2) is 7.97. The zero-order chi connectivity index (χ0) is 17.7. The number of hydrogen-bond donors (Lipinski definition) is 3. The number of aromatic nitrogens is 2. The van der Waals surface area contributed by atoms with Gasteiger partial charge < -0.3 is 20.7 Å². The van der Waals surface area contributed by atoms with Crippen LogP contribution >= 0.6 is 0 Å². The Balaban J connectivity index is 1.56. The van der Waals surface area contributed by atoms with Gasteiger partial charge in [0.15, 0.2) is 0 Å². The van der Waals surface area contributed by atoms with Crippen LogP contribution in [0.3, 0.4) is 0 Å². The molecular weight excluding hydrogens is 322 g/mol. The van der Waals surface area contributed by atoms with Gasteiger partial charge in [0.25, 0.3) is 0 Å². The Bertz CT molecular complexity index is 617. The standard InChI is InChI=1S/C17H27N5O3/c1-25-7-6-19-15(23)11-22-10-14(9-20-22)21-16(24)17-5-3-2-4-13(17)8-18-12-17/h9-10,13,18H,2-8,11-12H2,1H3,(H,19,23)(H,21,24)/t13-,17+/m0/s1. The fourth-order valence-electron chi connectivity index (χ4n) is 3.96. The number of ether oxygens (including phenoxy) is 1. The van der Waals surface area contributed by atoms with Crippen LogP contribution in [0.25, 0.3) is 0 Å². The summed E-state index contributed by atoms with van der Waals surface area (Å²) in [7, 11) is 1.59. The minimum Gasteiger partial charge on any atom is -0.383 e. The molecule has 0 unspecified atom stereocenters. The van der Waals surface area contributed by atoms with E-state index in [1.807, 2.05) is 0 Å². The molecule has 3 N–H and O–H groups in total. The molecule has 8 nitrogen and oxygen atoms in total. The Morgan fingerprint density at radius 3 is 3.20 bits per heavy atom. The van der Waals surface area contributed by atoms with E-state index >= 15 is 0 Å². The summed E-state index contributed by atoms with van der Waals surface area (Å²) in [6.07, 6.45) is 7.65. The average Bonchev–Trinajstić information content (AvgIpc) is 3.22. The van der Waals surface area contributed by atoms with E-state index in [-0.39, 0.29) is 23.8 Å². The minimum absolute atomic E-state index is 0.0753. The van der Waals surface area contributed by atoms with E-state index in [2.05, 4.69) is 21.0 Å². The third kappa shape index (κ3) is 4.01. The number of hydrogen-bond acceptors (Lipinski definition) is 5. The van der Waals surface area contributed by atoms with Crippen LogP contribution in [0.15, 0.2) is 12.4 Å². The normalized spacial score (nSPS) is 25.4. The first-order valence-corrected chi connectivity index (χ1v) is 8.94. The molecule has 1 aliphatic heterocycles. The van der Waals surface area contributed by atoms with E-state index in [0.29, 0.717) is 24.8 Å². The summed E-state index contributed by atoms with van der Waals surface area (Å²) in [6.45, 7) is 2.74. The van der Waals surface area contributed by atoms with Crippen LogP contribution in [0, 0.1) is 11.3 Å². The maximum atomic E-state index is 12.9. The molecule has 2 heterocycles. The first-order valence-electron chi connectivity index (χ1n) is 8.94. The van der Waals surface area contributed by atoms with Crippen LogP contribution in [-0.4, -0.2) is 54.9 Å². The van der Waals surface area contributed by atoms with Crippen LogP contribution in [0.5, 0.6) is 0 Å². The molecule has 0 spiro atoms. The lowest BCUT2D eigenvalue weighted by molar-refractivity contribution is -0.128. The molecule has 1 aliphatic carbocycles. The van der Waals surface area contributed by atoms with Gasteiger partial charge in [-0.05, 0) is 25.3 Å². The number of methoxy groups -OCH3 is 1. The monoisotopic (exact) mass is 349 g/mol. The Kier molecular flexibility index (Phi) is 5.70. The molecule has 25 heavy (non-hydrogen) atoms. The molecule has 1 saturated heterocycles. The van der Waals surface area contributed by atoms with E-state index in [9.17, 15) is 9.59 Å². The lowest BCUT2D eigenvalue weighted by Gasteiger charge is -2.36. The van der Waals surface area contributed by atoms with Crippen LogP contribution in [0.2, 0.25) is 0 Å². The lowest BCUT2D eigenvalue weighted by atomic mass is 9.67. The van der Waals surface area contributed by atoms with Gasteiger partial charge in [0.1, 0.15) is 6.54 Å². The summed E-state index contributed by atoms with van der Waals surface area (Å²) in [6, 6.07) is 0. The molecule has 2 atom stereocenters. The van der Waals surface area contributed by atoms with Gasteiger partial charge in [0.05, 0.1) is 23.9 Å². The Hall–Kier alpha value is -1.93. The molecular formula is C17H27N5O3. The number of carbonyl (C=O) groups excluding carboxylic acids is 2. The quantitative estimate of drug-likeness (QED) is 0.618. The van der Waals surface area contributed by atoms with Crippen molar-refractivity contribution in [3.8, 4) is 0 Å². The summed E-state index contributed by atoms with van der Waals surface area (Å²) < 4.78 is 6.42. The van der Waals surface area contributed by atoms with Crippen LogP contribution in [-0.2, 0) is 20.9 Å². The van der Waals surface area contributed by atoms with Gasteiger partial charge >= 0.3 is 0 Å². The molecule has 0 bridgehead atoms. The Labute approximate surface area is 147 Å². The average molecular weight is 349 g/mol. The number of fused-ring (bicyclic) bond motifs is 1. The molecule has 1 aromatic rings. The van der Waals surface area contributed by atoms with Crippen molar-refractivity contribution in [2.45, 2.75) is 32.2 Å². The highest BCUT2D eigenvalue weighted by Crippen LogP contribution is 2.44. The van der Waals surface area contributed by atoms with Crippen molar-refractivity contribution in [1.82, 2.24) is 20.4 Å². The van der Waals surface area contributed by atoms with Gasteiger partial charge in [-0.15, -0.1) is 0 Å². The number of nitrogens with zero attached hydrogens (tertiary/aromatic N) is 2. The fraction of sp³-hybridized carbons (Fsp3) is 0.706. The summed E-state index contributed by atoms with van der Waals surface area (Å²) in [5.41, 5.74) is 0.345. The second-order valence-electron chi connectivity index (χ2n) is 6.95. The highest BCUT2D eigenvalue weighted by atomic mass is 16.5. The zero-order valence-corrected chi connectivity index (χ0v) is 14.7. The largest absolute Gasteiger partial charge is 0.383 e. The predicted octanol–water partition coefficient (Wildman–Crippen LogP) is 0.364. The molecule has 1 aromatic heterocycles. The number of rotatable bonds is 7. The first-order chi connectivity index (χ1) is 12.1. The molecule has 8 heteroatoms. The topological polar surface area (TPSA) is 97.3 Å². The maximum absolute atomic E-state index is 12.9. The highest BCUT2D eigenvalue weighted by Gasteiger charge is 2.49. The molecule has 2 fully saturated rings. The van der Waals surface area contributed by atoms with E-state index in [1.165, 1.54) is 11.1 Å². The SMILES string of the molecule is COCCNC(=O)Cn1cc(NC(=O)[C@@]23CCCC[C@H]2CNC3)cn1. The molecule has 3 rings (SSSR count). The molecule has 0 radical (unpaired) electrons. The summed E-state index contributed by atoms with van der Waals surface area (Å²) in [4.78, 5) is 24.7. The molecule has 2 amide bonds. The van der Waals surface area contributed by atoms with Crippen molar-refractivity contribution >= 4 is 17.5 Å². The number of anilines is 1. The predicted molar refractivity (Wildman–Crippen MR) is 93.0 cm³/mol. The van der Waals surface area contributed by atoms with Gasteiger partial charge in [-0.1, -0.05) is 12.8 Å². The van der Waals surface area contributed by atoms with Gasteiger partial charge in [-0.25, -0.2) is 0 Å². The van der Waals surface area contributed by atoms with Crippen molar-refractivity contribution < 1.29 is 14.3 Å². The number of amides is 2. The molecule has 1 saturated carbocycles. The van der Waals surface area contributed by atoms with Gasteiger partial charge in [0, 0.05) is 26.4 Å². The Morgan fingerprint density at radius 1 is 1.48 bits per heavy atom. The van der Waals surface area contributed by atoms with Crippen LogP contribution < -0.4 is 16.0 Å². The third-order valence-electron chi connectivity index (χ3n) is 5.32. The Morgan fingerprint density at radius 2 is 2.36 bits per heavy atom. The van der Waals surface area contributed by atoms with E-state index in [1.54, 1.807) is 19.5 Å². The van der Waals surface area contributed by atoms with Gasteiger partial charge in [-0.2, -0.15) is 5.10 Å². The smallest absolute Gasteiger partial charge is 0.241 e. The van der Waals surface area contributed by atoms with Crippen molar-refractivity contribution in [2.75, 3.05) is 38.7 Å².